The smallest absolute Gasteiger partial charge is 0.376 e. The lowest BCUT2D eigenvalue weighted by Crippen LogP contribution is -2.18. The normalized spacial score (nSPS) is 11.9. The first-order valence-corrected chi connectivity index (χ1v) is 8.56. The van der Waals surface area contributed by atoms with Crippen molar-refractivity contribution >= 4 is 27.1 Å². The molecule has 1 N–H and O–H groups in total. The van der Waals surface area contributed by atoms with Crippen molar-refractivity contribution in [2.45, 2.75) is 11.1 Å². The quantitative estimate of drug-likeness (QED) is 0.624. The van der Waals surface area contributed by atoms with Gasteiger partial charge in [0.25, 0.3) is 15.7 Å². The number of rotatable bonds is 5. The third-order valence-electron chi connectivity index (χ3n) is 3.41. The molecule has 0 bridgehead atoms. The van der Waals surface area contributed by atoms with E-state index in [-0.39, 0.29) is 22.0 Å². The van der Waals surface area contributed by atoms with Crippen molar-refractivity contribution in [1.29, 1.82) is 0 Å². The molecule has 0 unspecified atom stereocenters. The Morgan fingerprint density at radius 2 is 1.65 bits per heavy atom. The number of benzene rings is 2. The van der Waals surface area contributed by atoms with E-state index in [1.165, 1.54) is 4.90 Å². The summed E-state index contributed by atoms with van der Waals surface area (Å²) in [4.78, 5) is 11.1. The maximum atomic E-state index is 12.9. The Hall–Kier alpha value is -2.82. The molecule has 0 atom stereocenters. The molecule has 26 heavy (non-hydrogen) atoms. The molecular weight excluding hydrogens is 375 g/mol. The molecule has 0 aliphatic rings. The van der Waals surface area contributed by atoms with Gasteiger partial charge in [-0.25, -0.2) is 8.42 Å². The second-order valence-electron chi connectivity index (χ2n) is 5.48. The number of nitrogens with zero attached hydrogens (tertiary/aromatic N) is 2. The zero-order chi connectivity index (χ0) is 19.7. The maximum Gasteiger partial charge on any atom is 0.416 e. The summed E-state index contributed by atoms with van der Waals surface area (Å²) in [7, 11) is -1.14. The predicted molar refractivity (Wildman–Crippen MR) is 89.7 cm³/mol. The van der Waals surface area contributed by atoms with Crippen LogP contribution >= 0.6 is 0 Å². The number of halogens is 3. The van der Waals surface area contributed by atoms with Crippen molar-refractivity contribution in [2.75, 3.05) is 23.7 Å². The molecule has 2 rings (SSSR count). The van der Waals surface area contributed by atoms with Gasteiger partial charge < -0.3 is 4.90 Å². The molecule has 0 aliphatic heterocycles. The van der Waals surface area contributed by atoms with Crippen LogP contribution in [-0.4, -0.2) is 27.4 Å². The highest BCUT2D eigenvalue weighted by Gasteiger charge is 2.31. The maximum absolute atomic E-state index is 12.9. The standard InChI is InChI=1S/C15H14F3N3O4S/c1-20(2)14-8-3-10(15(16,17)18)9-13(14)19-26(24,25)12-6-4-11(5-7-12)21(22)23/h3-9,19H,1-2H3. The van der Waals surface area contributed by atoms with Crippen LogP contribution < -0.4 is 9.62 Å². The van der Waals surface area contributed by atoms with Gasteiger partial charge in [0, 0.05) is 26.2 Å². The van der Waals surface area contributed by atoms with Gasteiger partial charge in [0.2, 0.25) is 0 Å². The van der Waals surface area contributed by atoms with E-state index in [1.807, 2.05) is 0 Å². The Balaban J connectivity index is 2.46. The average Bonchev–Trinajstić information content (AvgIpc) is 2.53. The monoisotopic (exact) mass is 389 g/mol. The SMILES string of the molecule is CN(C)c1ccc(C(F)(F)F)cc1NS(=O)(=O)c1ccc([N+](=O)[O-])cc1. The lowest BCUT2D eigenvalue weighted by molar-refractivity contribution is -0.384. The van der Waals surface area contributed by atoms with Crippen molar-refractivity contribution in [3.63, 3.8) is 0 Å². The second kappa shape index (κ2) is 6.83. The van der Waals surface area contributed by atoms with E-state index >= 15 is 0 Å². The number of nitrogens with one attached hydrogen (secondary N) is 1. The summed E-state index contributed by atoms with van der Waals surface area (Å²) in [5, 5.41) is 10.6. The number of nitro groups is 1. The van der Waals surface area contributed by atoms with Crippen LogP contribution in [0.25, 0.3) is 0 Å². The van der Waals surface area contributed by atoms with E-state index < -0.39 is 26.7 Å². The Kier molecular flexibility index (Phi) is 5.12. The van der Waals surface area contributed by atoms with Gasteiger partial charge in [-0.3, -0.25) is 14.8 Å². The van der Waals surface area contributed by atoms with Crippen LogP contribution in [-0.2, 0) is 16.2 Å². The van der Waals surface area contributed by atoms with Crippen molar-refractivity contribution in [3.05, 3.63) is 58.1 Å². The lowest BCUT2D eigenvalue weighted by atomic mass is 10.1. The van der Waals surface area contributed by atoms with Crippen LogP contribution in [0.3, 0.4) is 0 Å². The van der Waals surface area contributed by atoms with Crippen LogP contribution in [0.2, 0.25) is 0 Å². The fourth-order valence-corrected chi connectivity index (χ4v) is 3.20. The molecule has 140 valence electrons. The van der Waals surface area contributed by atoms with Gasteiger partial charge in [-0.2, -0.15) is 13.2 Å². The van der Waals surface area contributed by atoms with Gasteiger partial charge in [-0.1, -0.05) is 0 Å². The highest BCUT2D eigenvalue weighted by Crippen LogP contribution is 2.35. The first-order chi connectivity index (χ1) is 11.9. The molecule has 0 fully saturated rings. The topological polar surface area (TPSA) is 92.6 Å². The average molecular weight is 389 g/mol. The minimum absolute atomic E-state index is 0.225. The van der Waals surface area contributed by atoms with Gasteiger partial charge >= 0.3 is 6.18 Å². The number of nitro benzene ring substituents is 1. The third kappa shape index (κ3) is 4.23. The molecule has 0 aliphatic carbocycles. The molecule has 7 nitrogen and oxygen atoms in total. The van der Waals surface area contributed by atoms with Crippen molar-refractivity contribution in [3.8, 4) is 0 Å². The van der Waals surface area contributed by atoms with E-state index in [1.54, 1.807) is 14.1 Å². The van der Waals surface area contributed by atoms with Crippen molar-refractivity contribution in [2.24, 2.45) is 0 Å². The molecule has 0 heterocycles. The molecule has 2 aromatic rings. The first-order valence-electron chi connectivity index (χ1n) is 7.07. The van der Waals surface area contributed by atoms with Gasteiger partial charge in [0.05, 0.1) is 26.8 Å². The summed E-state index contributed by atoms with van der Waals surface area (Å²) in [6.45, 7) is 0. The van der Waals surface area contributed by atoms with E-state index in [2.05, 4.69) is 4.72 Å². The van der Waals surface area contributed by atoms with E-state index in [0.717, 1.165) is 36.4 Å². The van der Waals surface area contributed by atoms with E-state index in [4.69, 9.17) is 0 Å². The van der Waals surface area contributed by atoms with Crippen molar-refractivity contribution in [1.82, 2.24) is 0 Å². The number of hydrogen-bond donors (Lipinski definition) is 1. The Morgan fingerprint density at radius 3 is 2.12 bits per heavy atom. The van der Waals surface area contributed by atoms with Gasteiger partial charge in [-0.05, 0) is 30.3 Å². The largest absolute Gasteiger partial charge is 0.416 e. The van der Waals surface area contributed by atoms with E-state index in [0.29, 0.717) is 6.07 Å². The Morgan fingerprint density at radius 1 is 1.08 bits per heavy atom. The highest BCUT2D eigenvalue weighted by atomic mass is 32.2. The summed E-state index contributed by atoms with van der Waals surface area (Å²) >= 11 is 0. The molecule has 0 aromatic heterocycles. The first kappa shape index (κ1) is 19.5. The van der Waals surface area contributed by atoms with Crippen molar-refractivity contribution < 1.29 is 26.5 Å². The molecule has 0 radical (unpaired) electrons. The number of non-ortho nitro benzene ring substituents is 1. The minimum Gasteiger partial charge on any atom is -0.376 e. The number of alkyl halides is 3. The zero-order valence-corrected chi connectivity index (χ0v) is 14.4. The van der Waals surface area contributed by atoms with Crippen LogP contribution in [0, 0.1) is 10.1 Å². The highest BCUT2D eigenvalue weighted by molar-refractivity contribution is 7.92. The molecular formula is C15H14F3N3O4S. The van der Waals surface area contributed by atoms with Crippen LogP contribution in [0.5, 0.6) is 0 Å². The number of anilines is 2. The van der Waals surface area contributed by atoms with Crippen LogP contribution in [0.1, 0.15) is 5.56 Å². The summed E-state index contributed by atoms with van der Waals surface area (Å²) in [6, 6.07) is 6.68. The van der Waals surface area contributed by atoms with Gasteiger partial charge in [-0.15, -0.1) is 0 Å². The molecule has 0 amide bonds. The lowest BCUT2D eigenvalue weighted by Gasteiger charge is -2.20. The fourth-order valence-electron chi connectivity index (χ4n) is 2.13. The molecule has 0 saturated heterocycles. The Bertz CT molecular complexity index is 926. The second-order valence-corrected chi connectivity index (χ2v) is 7.16. The van der Waals surface area contributed by atoms with E-state index in [9.17, 15) is 31.7 Å². The summed E-state index contributed by atoms with van der Waals surface area (Å²) in [5.74, 6) is 0. The van der Waals surface area contributed by atoms with Gasteiger partial charge in [0.15, 0.2) is 0 Å². The fraction of sp³-hybridized carbons (Fsp3) is 0.200. The molecule has 11 heteroatoms. The summed E-state index contributed by atoms with van der Waals surface area (Å²) in [6.07, 6.45) is -4.64. The number of sulfonamides is 1. The molecule has 2 aromatic carbocycles. The van der Waals surface area contributed by atoms with Gasteiger partial charge in [0.1, 0.15) is 0 Å². The molecule has 0 spiro atoms. The summed E-state index contributed by atoms with van der Waals surface area (Å²) < 4.78 is 65.7. The summed E-state index contributed by atoms with van der Waals surface area (Å²) in [5.41, 5.74) is -1.35. The van der Waals surface area contributed by atoms with Crippen LogP contribution in [0.4, 0.5) is 30.2 Å². The van der Waals surface area contributed by atoms with Crippen LogP contribution in [0.15, 0.2) is 47.4 Å². The molecule has 0 saturated carbocycles. The Labute approximate surface area is 147 Å². The minimum atomic E-state index is -4.64. The number of hydrogen-bond acceptors (Lipinski definition) is 5. The zero-order valence-electron chi connectivity index (χ0n) is 13.6. The third-order valence-corrected chi connectivity index (χ3v) is 4.79. The predicted octanol–water partition coefficient (Wildman–Crippen LogP) is 3.48.